The average molecular weight is 382 g/mol. The van der Waals surface area contributed by atoms with Crippen LogP contribution in [0.2, 0.25) is 0 Å². The summed E-state index contributed by atoms with van der Waals surface area (Å²) < 4.78 is 8.04. The molecule has 1 atom stereocenters. The van der Waals surface area contributed by atoms with E-state index in [1.807, 2.05) is 34.6 Å². The van der Waals surface area contributed by atoms with Crippen molar-refractivity contribution in [2.45, 2.75) is 39.0 Å². The predicted molar refractivity (Wildman–Crippen MR) is 104 cm³/mol. The van der Waals surface area contributed by atoms with Gasteiger partial charge in [0.05, 0.1) is 25.2 Å². The van der Waals surface area contributed by atoms with E-state index >= 15 is 0 Å². The van der Waals surface area contributed by atoms with Crippen molar-refractivity contribution in [1.29, 1.82) is 0 Å². The number of nitrogens with one attached hydrogen (secondary N) is 1. The van der Waals surface area contributed by atoms with Crippen LogP contribution in [-0.2, 0) is 22.7 Å². The molecule has 0 aliphatic carbocycles. The lowest BCUT2D eigenvalue weighted by Gasteiger charge is -2.31. The van der Waals surface area contributed by atoms with Crippen molar-refractivity contribution in [1.82, 2.24) is 19.8 Å². The normalized spacial score (nSPS) is 19.9. The Kier molecular flexibility index (Phi) is 5.43. The zero-order valence-electron chi connectivity index (χ0n) is 16.1. The van der Waals surface area contributed by atoms with Crippen LogP contribution in [0.5, 0.6) is 0 Å². The zero-order valence-corrected chi connectivity index (χ0v) is 16.1. The van der Waals surface area contributed by atoms with Crippen molar-refractivity contribution in [3.63, 3.8) is 0 Å². The summed E-state index contributed by atoms with van der Waals surface area (Å²) in [6, 6.07) is 10.1. The molecule has 2 amide bonds. The Morgan fingerprint density at radius 3 is 2.68 bits per heavy atom. The summed E-state index contributed by atoms with van der Waals surface area (Å²) >= 11 is 0. The molecule has 0 bridgehead atoms. The topological polar surface area (TPSA) is 76.5 Å². The van der Waals surface area contributed by atoms with Gasteiger partial charge >= 0.3 is 0 Å². The van der Waals surface area contributed by atoms with E-state index in [9.17, 15) is 9.59 Å². The van der Waals surface area contributed by atoms with Crippen LogP contribution in [0.3, 0.4) is 0 Å². The molecule has 28 heavy (non-hydrogen) atoms. The molecule has 2 aliphatic rings. The third kappa shape index (κ3) is 3.67. The molecule has 1 fully saturated rings. The van der Waals surface area contributed by atoms with E-state index in [1.54, 1.807) is 6.33 Å². The second kappa shape index (κ2) is 8.14. The molecular weight excluding hydrogens is 356 g/mol. The Morgan fingerprint density at radius 1 is 1.21 bits per heavy atom. The lowest BCUT2D eigenvalue weighted by atomic mass is 9.95. The fraction of sp³-hybridized carbons (Fsp3) is 0.476. The first-order valence-electron chi connectivity index (χ1n) is 9.95. The minimum Gasteiger partial charge on any atom is -0.365 e. The van der Waals surface area contributed by atoms with Gasteiger partial charge in [0.25, 0.3) is 5.91 Å². The van der Waals surface area contributed by atoms with Gasteiger partial charge in [-0.25, -0.2) is 4.98 Å². The Labute approximate surface area is 164 Å². The molecule has 2 aromatic rings. The zero-order chi connectivity index (χ0) is 19.5. The van der Waals surface area contributed by atoms with E-state index in [0.717, 1.165) is 11.3 Å². The first-order valence-corrected chi connectivity index (χ1v) is 9.95. The van der Waals surface area contributed by atoms with Gasteiger partial charge < -0.3 is 19.5 Å². The summed E-state index contributed by atoms with van der Waals surface area (Å²) in [6.45, 7) is 4.75. The standard InChI is InChI=1S/C21H26N4O3/c1-2-22-20(26)16-8-10-24(11-9-16)21(27)19-17-13-28-18(12-25(17)14-23-19)15-6-4-3-5-7-15/h3-7,14,16,18H,2,8-13H2,1H3,(H,22,26)/t18-/m0/s1. The maximum absolute atomic E-state index is 13.0. The first kappa shape index (κ1) is 18.7. The number of hydrogen-bond acceptors (Lipinski definition) is 4. The van der Waals surface area contributed by atoms with Crippen molar-refractivity contribution in [3.8, 4) is 0 Å². The summed E-state index contributed by atoms with van der Waals surface area (Å²) in [5.74, 6) is 0.0223. The molecule has 0 spiro atoms. The van der Waals surface area contributed by atoms with E-state index in [0.29, 0.717) is 51.3 Å². The van der Waals surface area contributed by atoms with Gasteiger partial charge in [0, 0.05) is 25.6 Å². The van der Waals surface area contributed by atoms with Crippen molar-refractivity contribution in [2.24, 2.45) is 5.92 Å². The third-order valence-corrected chi connectivity index (χ3v) is 5.61. The molecule has 1 aromatic heterocycles. The number of amides is 2. The van der Waals surface area contributed by atoms with Crippen LogP contribution in [0.15, 0.2) is 36.7 Å². The number of carbonyl (C=O) groups is 2. The number of nitrogens with zero attached hydrogens (tertiary/aromatic N) is 3. The number of likely N-dealkylation sites (tertiary alicyclic amines) is 1. The van der Waals surface area contributed by atoms with Gasteiger partial charge in [-0.15, -0.1) is 0 Å². The lowest BCUT2D eigenvalue weighted by molar-refractivity contribution is -0.126. The van der Waals surface area contributed by atoms with E-state index < -0.39 is 0 Å². The van der Waals surface area contributed by atoms with E-state index in [4.69, 9.17) is 4.74 Å². The number of fused-ring (bicyclic) bond motifs is 1. The number of carbonyl (C=O) groups excluding carboxylic acids is 2. The number of hydrogen-bond donors (Lipinski definition) is 1. The molecular formula is C21H26N4O3. The minimum absolute atomic E-state index is 0.00475. The summed E-state index contributed by atoms with van der Waals surface area (Å²) in [5, 5.41) is 2.87. The highest BCUT2D eigenvalue weighted by atomic mass is 16.5. The van der Waals surface area contributed by atoms with Gasteiger partial charge in [-0.2, -0.15) is 0 Å². The molecule has 7 heteroatoms. The lowest BCUT2D eigenvalue weighted by Crippen LogP contribution is -2.43. The van der Waals surface area contributed by atoms with Gasteiger partial charge in [-0.1, -0.05) is 30.3 Å². The van der Waals surface area contributed by atoms with Gasteiger partial charge in [0.1, 0.15) is 6.10 Å². The van der Waals surface area contributed by atoms with Crippen molar-refractivity contribution in [3.05, 3.63) is 53.6 Å². The summed E-state index contributed by atoms with van der Waals surface area (Å²) in [5.41, 5.74) is 2.44. The Morgan fingerprint density at radius 2 is 1.96 bits per heavy atom. The molecule has 7 nitrogen and oxygen atoms in total. The van der Waals surface area contributed by atoms with E-state index in [2.05, 4.69) is 22.4 Å². The van der Waals surface area contributed by atoms with E-state index in [1.165, 1.54) is 0 Å². The quantitative estimate of drug-likeness (QED) is 0.879. The minimum atomic E-state index is -0.0649. The predicted octanol–water partition coefficient (Wildman–Crippen LogP) is 2.14. The molecule has 3 heterocycles. The second-order valence-electron chi connectivity index (χ2n) is 7.36. The number of piperidine rings is 1. The van der Waals surface area contributed by atoms with Crippen LogP contribution in [0.4, 0.5) is 0 Å². The SMILES string of the molecule is CCNC(=O)C1CCN(C(=O)c2ncn3c2CO[C@H](c2ccccc2)C3)CC1. The fourth-order valence-corrected chi connectivity index (χ4v) is 3.99. The number of rotatable bonds is 4. The molecule has 1 aromatic carbocycles. The highest BCUT2D eigenvalue weighted by molar-refractivity contribution is 5.93. The molecule has 148 valence electrons. The smallest absolute Gasteiger partial charge is 0.274 e. The molecule has 0 unspecified atom stereocenters. The molecule has 1 saturated heterocycles. The van der Waals surface area contributed by atoms with Gasteiger partial charge in [0.2, 0.25) is 5.91 Å². The largest absolute Gasteiger partial charge is 0.365 e. The number of benzene rings is 1. The molecule has 0 radical (unpaired) electrons. The van der Waals surface area contributed by atoms with Crippen LogP contribution in [-0.4, -0.2) is 45.9 Å². The van der Waals surface area contributed by atoms with Gasteiger partial charge in [0.15, 0.2) is 5.69 Å². The Hall–Kier alpha value is -2.67. The first-order chi connectivity index (χ1) is 13.7. The summed E-state index contributed by atoms with van der Waals surface area (Å²) in [6.07, 6.45) is 3.10. The third-order valence-electron chi connectivity index (χ3n) is 5.61. The summed E-state index contributed by atoms with van der Waals surface area (Å²) in [4.78, 5) is 31.2. The van der Waals surface area contributed by atoms with Crippen molar-refractivity contribution < 1.29 is 14.3 Å². The fourth-order valence-electron chi connectivity index (χ4n) is 3.99. The molecule has 2 aliphatic heterocycles. The van der Waals surface area contributed by atoms with Crippen molar-refractivity contribution >= 4 is 11.8 Å². The maximum Gasteiger partial charge on any atom is 0.274 e. The van der Waals surface area contributed by atoms with Gasteiger partial charge in [-0.05, 0) is 25.3 Å². The second-order valence-corrected chi connectivity index (χ2v) is 7.36. The Balaban J connectivity index is 1.41. The summed E-state index contributed by atoms with van der Waals surface area (Å²) in [7, 11) is 0. The highest BCUT2D eigenvalue weighted by Crippen LogP contribution is 2.28. The van der Waals surface area contributed by atoms with E-state index in [-0.39, 0.29) is 23.8 Å². The Bertz CT molecular complexity index is 841. The monoisotopic (exact) mass is 382 g/mol. The van der Waals surface area contributed by atoms with Gasteiger partial charge in [-0.3, -0.25) is 9.59 Å². The number of ether oxygens (including phenoxy) is 1. The number of imidazole rings is 1. The highest BCUT2D eigenvalue weighted by Gasteiger charge is 2.32. The number of aromatic nitrogens is 2. The molecule has 4 rings (SSSR count). The van der Waals surface area contributed by atoms with Crippen LogP contribution in [0.25, 0.3) is 0 Å². The maximum atomic E-state index is 13.0. The van der Waals surface area contributed by atoms with Crippen LogP contribution in [0.1, 0.15) is 47.6 Å². The molecule has 0 saturated carbocycles. The van der Waals surface area contributed by atoms with Crippen LogP contribution in [0, 0.1) is 5.92 Å². The van der Waals surface area contributed by atoms with Crippen LogP contribution < -0.4 is 5.32 Å². The van der Waals surface area contributed by atoms with Crippen LogP contribution >= 0.6 is 0 Å². The average Bonchev–Trinajstić information content (AvgIpc) is 3.17. The molecule has 1 N–H and O–H groups in total. The van der Waals surface area contributed by atoms with Crippen molar-refractivity contribution in [2.75, 3.05) is 19.6 Å².